The van der Waals surface area contributed by atoms with Crippen molar-refractivity contribution in [2.24, 2.45) is 12.8 Å². The van der Waals surface area contributed by atoms with Gasteiger partial charge in [0.25, 0.3) is 0 Å². The van der Waals surface area contributed by atoms with Crippen molar-refractivity contribution in [3.8, 4) is 0 Å². The van der Waals surface area contributed by atoms with Crippen LogP contribution < -0.4 is 11.1 Å². The molecule has 1 rings (SSSR count). The third kappa shape index (κ3) is 3.32. The van der Waals surface area contributed by atoms with Gasteiger partial charge in [0.15, 0.2) is 0 Å². The summed E-state index contributed by atoms with van der Waals surface area (Å²) in [5.74, 6) is -0.000460. The SMILES string of the molecule is CCC(NC(=O)CC(C)N)c1c(C)nn(C)c1C. The van der Waals surface area contributed by atoms with E-state index in [1.54, 1.807) is 0 Å². The second kappa shape index (κ2) is 6.00. The molecule has 0 saturated carbocycles. The number of nitrogens with two attached hydrogens (primary N) is 1. The topological polar surface area (TPSA) is 72.9 Å². The zero-order valence-corrected chi connectivity index (χ0v) is 11.9. The third-order valence-electron chi connectivity index (χ3n) is 3.16. The van der Waals surface area contributed by atoms with E-state index in [0.717, 1.165) is 23.4 Å². The van der Waals surface area contributed by atoms with Gasteiger partial charge in [-0.2, -0.15) is 5.10 Å². The van der Waals surface area contributed by atoms with Gasteiger partial charge in [-0.1, -0.05) is 6.92 Å². The van der Waals surface area contributed by atoms with Gasteiger partial charge >= 0.3 is 0 Å². The lowest BCUT2D eigenvalue weighted by atomic mass is 10.0. The Hall–Kier alpha value is -1.36. The summed E-state index contributed by atoms with van der Waals surface area (Å²) < 4.78 is 1.85. The van der Waals surface area contributed by atoms with E-state index in [-0.39, 0.29) is 18.0 Å². The standard InChI is InChI=1S/C13H24N4O/c1-6-11(15-12(18)7-8(2)14)13-9(3)16-17(5)10(13)4/h8,11H,6-7,14H2,1-5H3,(H,15,18). The van der Waals surface area contributed by atoms with E-state index in [4.69, 9.17) is 5.73 Å². The lowest BCUT2D eigenvalue weighted by Crippen LogP contribution is -2.33. The lowest BCUT2D eigenvalue weighted by molar-refractivity contribution is -0.122. The number of nitrogens with one attached hydrogen (secondary N) is 1. The fraction of sp³-hybridized carbons (Fsp3) is 0.692. The summed E-state index contributed by atoms with van der Waals surface area (Å²) in [5, 5.41) is 7.43. The summed E-state index contributed by atoms with van der Waals surface area (Å²) >= 11 is 0. The maximum atomic E-state index is 11.8. The summed E-state index contributed by atoms with van der Waals surface area (Å²) in [6, 6.07) is -0.0939. The molecule has 0 fully saturated rings. The predicted molar refractivity (Wildman–Crippen MR) is 72.1 cm³/mol. The Labute approximate surface area is 109 Å². The van der Waals surface area contributed by atoms with Gasteiger partial charge in [0.2, 0.25) is 5.91 Å². The minimum absolute atomic E-state index is 0.000460. The second-order valence-corrected chi connectivity index (χ2v) is 4.92. The molecule has 0 saturated heterocycles. The zero-order valence-electron chi connectivity index (χ0n) is 11.9. The Bertz CT molecular complexity index is 423. The molecule has 2 unspecified atom stereocenters. The molecule has 3 N–H and O–H groups in total. The van der Waals surface area contributed by atoms with Crippen LogP contribution in [0.1, 0.15) is 49.7 Å². The van der Waals surface area contributed by atoms with Crippen LogP contribution in [0, 0.1) is 13.8 Å². The molecule has 0 aromatic carbocycles. The Morgan fingerprint density at radius 3 is 2.50 bits per heavy atom. The van der Waals surface area contributed by atoms with Crippen LogP contribution in [0.5, 0.6) is 0 Å². The minimum Gasteiger partial charge on any atom is -0.349 e. The van der Waals surface area contributed by atoms with Gasteiger partial charge in [-0.15, -0.1) is 0 Å². The van der Waals surface area contributed by atoms with Crippen LogP contribution in [-0.4, -0.2) is 21.7 Å². The average Bonchev–Trinajstić information content (AvgIpc) is 2.49. The van der Waals surface area contributed by atoms with E-state index in [1.807, 2.05) is 32.5 Å². The Morgan fingerprint density at radius 2 is 2.11 bits per heavy atom. The van der Waals surface area contributed by atoms with Crippen LogP contribution in [0.3, 0.4) is 0 Å². The molecular formula is C13H24N4O. The van der Waals surface area contributed by atoms with E-state index in [9.17, 15) is 4.79 Å². The maximum Gasteiger partial charge on any atom is 0.222 e. The molecule has 18 heavy (non-hydrogen) atoms. The van der Waals surface area contributed by atoms with Crippen LogP contribution in [0.4, 0.5) is 0 Å². The lowest BCUT2D eigenvalue weighted by Gasteiger charge is -2.18. The van der Waals surface area contributed by atoms with Crippen molar-refractivity contribution < 1.29 is 4.79 Å². The molecule has 0 aliphatic heterocycles. The van der Waals surface area contributed by atoms with E-state index >= 15 is 0 Å². The summed E-state index contributed by atoms with van der Waals surface area (Å²) in [6.07, 6.45) is 1.20. The van der Waals surface area contributed by atoms with Gasteiger partial charge in [0.1, 0.15) is 0 Å². The highest BCUT2D eigenvalue weighted by molar-refractivity contribution is 5.77. The fourth-order valence-electron chi connectivity index (χ4n) is 2.22. The smallest absolute Gasteiger partial charge is 0.222 e. The first-order valence-corrected chi connectivity index (χ1v) is 6.41. The molecule has 1 heterocycles. The Kier molecular flexibility index (Phi) is 4.90. The molecule has 0 aliphatic carbocycles. The molecule has 0 bridgehead atoms. The van der Waals surface area contributed by atoms with Crippen molar-refractivity contribution in [1.29, 1.82) is 0 Å². The Morgan fingerprint density at radius 1 is 1.50 bits per heavy atom. The predicted octanol–water partition coefficient (Wildman–Crippen LogP) is 1.34. The number of nitrogens with zero attached hydrogens (tertiary/aromatic N) is 2. The van der Waals surface area contributed by atoms with Gasteiger partial charge in [-0.05, 0) is 27.2 Å². The first-order chi connectivity index (χ1) is 8.36. The van der Waals surface area contributed by atoms with E-state index in [0.29, 0.717) is 6.42 Å². The third-order valence-corrected chi connectivity index (χ3v) is 3.16. The molecule has 0 radical (unpaired) electrons. The first kappa shape index (κ1) is 14.7. The number of hydrogen-bond acceptors (Lipinski definition) is 3. The van der Waals surface area contributed by atoms with E-state index in [1.165, 1.54) is 0 Å². The molecule has 1 amide bonds. The Balaban J connectivity index is 2.86. The largest absolute Gasteiger partial charge is 0.349 e. The summed E-state index contributed by atoms with van der Waals surface area (Å²) in [4.78, 5) is 11.8. The summed E-state index contributed by atoms with van der Waals surface area (Å²) in [6.45, 7) is 7.89. The van der Waals surface area contributed by atoms with Crippen LogP contribution >= 0.6 is 0 Å². The van der Waals surface area contributed by atoms with E-state index in [2.05, 4.69) is 17.3 Å². The van der Waals surface area contributed by atoms with Crippen LogP contribution in [0.2, 0.25) is 0 Å². The van der Waals surface area contributed by atoms with E-state index < -0.39 is 0 Å². The van der Waals surface area contributed by atoms with Gasteiger partial charge in [0, 0.05) is 30.8 Å². The number of aryl methyl sites for hydroxylation is 2. The highest BCUT2D eigenvalue weighted by Gasteiger charge is 2.20. The quantitative estimate of drug-likeness (QED) is 0.830. The van der Waals surface area contributed by atoms with Gasteiger partial charge in [0.05, 0.1) is 11.7 Å². The number of aromatic nitrogens is 2. The average molecular weight is 252 g/mol. The van der Waals surface area contributed by atoms with Crippen LogP contribution in [0.25, 0.3) is 0 Å². The van der Waals surface area contributed by atoms with Crippen molar-refractivity contribution in [3.05, 3.63) is 17.0 Å². The molecule has 102 valence electrons. The second-order valence-electron chi connectivity index (χ2n) is 4.92. The number of carbonyl (C=O) groups is 1. The van der Waals surface area contributed by atoms with Gasteiger partial charge < -0.3 is 11.1 Å². The highest BCUT2D eigenvalue weighted by atomic mass is 16.1. The van der Waals surface area contributed by atoms with Crippen LogP contribution in [0.15, 0.2) is 0 Å². The molecule has 1 aromatic rings. The van der Waals surface area contributed by atoms with Crippen molar-refractivity contribution >= 4 is 5.91 Å². The maximum absolute atomic E-state index is 11.8. The molecule has 1 aromatic heterocycles. The summed E-state index contributed by atoms with van der Waals surface area (Å²) in [5.41, 5.74) is 8.83. The van der Waals surface area contributed by atoms with Crippen LogP contribution in [-0.2, 0) is 11.8 Å². The first-order valence-electron chi connectivity index (χ1n) is 6.41. The molecule has 0 spiro atoms. The number of amides is 1. The van der Waals surface area contributed by atoms with Crippen molar-refractivity contribution in [3.63, 3.8) is 0 Å². The summed E-state index contributed by atoms with van der Waals surface area (Å²) in [7, 11) is 1.92. The molecule has 2 atom stereocenters. The number of rotatable bonds is 5. The zero-order chi connectivity index (χ0) is 13.9. The molecule has 5 heteroatoms. The molecule has 0 aliphatic rings. The monoisotopic (exact) mass is 252 g/mol. The highest BCUT2D eigenvalue weighted by Crippen LogP contribution is 2.23. The molecule has 5 nitrogen and oxygen atoms in total. The molecular weight excluding hydrogens is 228 g/mol. The van der Waals surface area contributed by atoms with Crippen molar-refractivity contribution in [2.75, 3.05) is 0 Å². The van der Waals surface area contributed by atoms with Crippen molar-refractivity contribution in [2.45, 2.75) is 52.6 Å². The van der Waals surface area contributed by atoms with Crippen molar-refractivity contribution in [1.82, 2.24) is 15.1 Å². The number of carbonyl (C=O) groups excluding carboxylic acids is 1. The minimum atomic E-state index is -0.112. The fourth-order valence-corrected chi connectivity index (χ4v) is 2.22. The van der Waals surface area contributed by atoms with Gasteiger partial charge in [-0.25, -0.2) is 0 Å². The normalized spacial score (nSPS) is 14.3. The van der Waals surface area contributed by atoms with Gasteiger partial charge in [-0.3, -0.25) is 9.48 Å². The number of hydrogen-bond donors (Lipinski definition) is 2.